The molecule has 128 valence electrons. The Kier molecular flexibility index (Phi) is 13.4. The SMILES string of the molecule is CC.CC(C)CN1CCNCC1.CCN1CCN(C)CC1. The number of piperazine rings is 2. The third-order valence-electron chi connectivity index (χ3n) is 3.88. The van der Waals surface area contributed by atoms with Crippen molar-refractivity contribution < 1.29 is 0 Å². The molecule has 0 spiro atoms. The van der Waals surface area contributed by atoms with E-state index in [0.717, 1.165) is 5.92 Å². The highest BCUT2D eigenvalue weighted by Gasteiger charge is 2.10. The molecular formula is C17H40N4. The van der Waals surface area contributed by atoms with Crippen molar-refractivity contribution in [3.8, 4) is 0 Å². The molecule has 0 amide bonds. The molecule has 2 aliphatic rings. The van der Waals surface area contributed by atoms with Crippen molar-refractivity contribution in [2.24, 2.45) is 5.92 Å². The molecule has 0 aromatic carbocycles. The van der Waals surface area contributed by atoms with E-state index in [-0.39, 0.29) is 0 Å². The number of nitrogens with zero attached hydrogens (tertiary/aromatic N) is 3. The first-order valence-electron chi connectivity index (χ1n) is 8.95. The summed E-state index contributed by atoms with van der Waals surface area (Å²) in [7, 11) is 2.19. The topological polar surface area (TPSA) is 21.8 Å². The van der Waals surface area contributed by atoms with Gasteiger partial charge in [-0.3, -0.25) is 0 Å². The first-order valence-corrected chi connectivity index (χ1v) is 8.95. The van der Waals surface area contributed by atoms with Crippen molar-refractivity contribution in [1.29, 1.82) is 0 Å². The molecule has 2 fully saturated rings. The van der Waals surface area contributed by atoms with Crippen LogP contribution in [0, 0.1) is 5.92 Å². The summed E-state index contributed by atoms with van der Waals surface area (Å²) >= 11 is 0. The van der Waals surface area contributed by atoms with E-state index in [1.807, 2.05) is 13.8 Å². The summed E-state index contributed by atoms with van der Waals surface area (Å²) < 4.78 is 0. The number of nitrogens with one attached hydrogen (secondary N) is 1. The van der Waals surface area contributed by atoms with Crippen LogP contribution in [0.25, 0.3) is 0 Å². The minimum absolute atomic E-state index is 0.818. The van der Waals surface area contributed by atoms with E-state index in [4.69, 9.17) is 0 Å². The highest BCUT2D eigenvalue weighted by Crippen LogP contribution is 1.99. The lowest BCUT2D eigenvalue weighted by molar-refractivity contribution is 0.160. The second-order valence-corrected chi connectivity index (χ2v) is 6.18. The highest BCUT2D eigenvalue weighted by molar-refractivity contribution is 4.68. The molecular weight excluding hydrogens is 260 g/mol. The molecule has 0 saturated carbocycles. The Morgan fingerprint density at radius 2 is 1.38 bits per heavy atom. The van der Waals surface area contributed by atoms with Crippen molar-refractivity contribution in [2.45, 2.75) is 34.6 Å². The number of hydrogen-bond acceptors (Lipinski definition) is 4. The summed E-state index contributed by atoms with van der Waals surface area (Å²) in [6.45, 7) is 23.1. The maximum Gasteiger partial charge on any atom is 0.0110 e. The smallest absolute Gasteiger partial charge is 0.0110 e. The van der Waals surface area contributed by atoms with Crippen molar-refractivity contribution in [3.05, 3.63) is 0 Å². The van der Waals surface area contributed by atoms with Crippen molar-refractivity contribution in [2.75, 3.05) is 72.5 Å². The summed E-state index contributed by atoms with van der Waals surface area (Å²) in [5.74, 6) is 0.818. The molecule has 0 aromatic rings. The van der Waals surface area contributed by atoms with Gasteiger partial charge in [0.1, 0.15) is 0 Å². The summed E-state index contributed by atoms with van der Waals surface area (Å²) in [4.78, 5) is 7.40. The fourth-order valence-corrected chi connectivity index (χ4v) is 2.57. The van der Waals surface area contributed by atoms with Gasteiger partial charge in [-0.25, -0.2) is 0 Å². The zero-order valence-corrected chi connectivity index (χ0v) is 15.5. The molecule has 4 heteroatoms. The Morgan fingerprint density at radius 1 is 0.857 bits per heavy atom. The van der Waals surface area contributed by atoms with E-state index < -0.39 is 0 Å². The largest absolute Gasteiger partial charge is 0.314 e. The maximum atomic E-state index is 3.35. The van der Waals surface area contributed by atoms with Gasteiger partial charge in [0.25, 0.3) is 0 Å². The summed E-state index contributed by atoms with van der Waals surface area (Å²) in [6.07, 6.45) is 0. The summed E-state index contributed by atoms with van der Waals surface area (Å²) in [5.41, 5.74) is 0. The zero-order chi connectivity index (χ0) is 16.1. The van der Waals surface area contributed by atoms with Gasteiger partial charge < -0.3 is 20.0 Å². The molecule has 0 aliphatic carbocycles. The standard InChI is InChI=1S/C8H18N2.C7H16N2.C2H6/c1-8(2)7-10-5-3-9-4-6-10;1-3-9-6-4-8(2)5-7-9;1-2/h8-9H,3-7H2,1-2H3;3-7H2,1-2H3;1-2H3. The van der Waals surface area contributed by atoms with Crippen LogP contribution in [-0.4, -0.2) is 87.2 Å². The lowest BCUT2D eigenvalue weighted by Gasteiger charge is -2.31. The third-order valence-corrected chi connectivity index (χ3v) is 3.88. The Balaban J connectivity index is 0.000000342. The monoisotopic (exact) mass is 300 g/mol. The van der Waals surface area contributed by atoms with E-state index in [1.165, 1.54) is 65.4 Å². The van der Waals surface area contributed by atoms with Crippen molar-refractivity contribution in [1.82, 2.24) is 20.0 Å². The van der Waals surface area contributed by atoms with Gasteiger partial charge in [-0.2, -0.15) is 0 Å². The molecule has 0 bridgehead atoms. The van der Waals surface area contributed by atoms with Crippen LogP contribution in [0.15, 0.2) is 0 Å². The van der Waals surface area contributed by atoms with Crippen molar-refractivity contribution >= 4 is 0 Å². The second kappa shape index (κ2) is 13.5. The molecule has 4 nitrogen and oxygen atoms in total. The van der Waals surface area contributed by atoms with Crippen LogP contribution in [0.3, 0.4) is 0 Å². The summed E-state index contributed by atoms with van der Waals surface area (Å²) in [6, 6.07) is 0. The van der Waals surface area contributed by atoms with Crippen LogP contribution < -0.4 is 5.32 Å². The minimum Gasteiger partial charge on any atom is -0.314 e. The average Bonchev–Trinajstić information content (AvgIpc) is 2.51. The van der Waals surface area contributed by atoms with Gasteiger partial charge in [-0.05, 0) is 19.5 Å². The first-order chi connectivity index (χ1) is 10.1. The minimum atomic E-state index is 0.818. The molecule has 0 radical (unpaired) electrons. The fraction of sp³-hybridized carbons (Fsp3) is 1.00. The van der Waals surface area contributed by atoms with Gasteiger partial charge in [-0.1, -0.05) is 34.6 Å². The quantitative estimate of drug-likeness (QED) is 0.858. The number of hydrogen-bond donors (Lipinski definition) is 1. The molecule has 2 rings (SSSR count). The first kappa shape index (κ1) is 20.8. The van der Waals surface area contributed by atoms with Gasteiger partial charge >= 0.3 is 0 Å². The van der Waals surface area contributed by atoms with Crippen LogP contribution in [0.4, 0.5) is 0 Å². The van der Waals surface area contributed by atoms with E-state index in [2.05, 4.69) is 47.8 Å². The van der Waals surface area contributed by atoms with E-state index in [9.17, 15) is 0 Å². The van der Waals surface area contributed by atoms with Crippen LogP contribution in [-0.2, 0) is 0 Å². The number of likely N-dealkylation sites (N-methyl/N-ethyl adjacent to an activating group) is 2. The Bertz CT molecular complexity index is 207. The van der Waals surface area contributed by atoms with Gasteiger partial charge in [0.15, 0.2) is 0 Å². The van der Waals surface area contributed by atoms with Crippen LogP contribution >= 0.6 is 0 Å². The van der Waals surface area contributed by atoms with E-state index in [0.29, 0.717) is 0 Å². The molecule has 2 heterocycles. The lowest BCUT2D eigenvalue weighted by atomic mass is 10.2. The Labute approximate surface area is 133 Å². The third kappa shape index (κ3) is 11.1. The molecule has 0 aromatic heterocycles. The van der Waals surface area contributed by atoms with Gasteiger partial charge in [0.05, 0.1) is 0 Å². The molecule has 0 atom stereocenters. The van der Waals surface area contributed by atoms with Gasteiger partial charge in [0.2, 0.25) is 0 Å². The Hall–Kier alpha value is -0.160. The van der Waals surface area contributed by atoms with Gasteiger partial charge in [0, 0.05) is 58.9 Å². The average molecular weight is 301 g/mol. The second-order valence-electron chi connectivity index (χ2n) is 6.18. The maximum absolute atomic E-state index is 3.35. The highest BCUT2D eigenvalue weighted by atomic mass is 15.2. The Morgan fingerprint density at radius 3 is 1.81 bits per heavy atom. The predicted octanol–water partition coefficient (Wildman–Crippen LogP) is 1.83. The molecule has 21 heavy (non-hydrogen) atoms. The lowest BCUT2D eigenvalue weighted by Crippen LogP contribution is -2.44. The van der Waals surface area contributed by atoms with Crippen LogP contribution in [0.2, 0.25) is 0 Å². The normalized spacial score (nSPS) is 21.3. The predicted molar refractivity (Wildman–Crippen MR) is 95.1 cm³/mol. The van der Waals surface area contributed by atoms with Crippen LogP contribution in [0.1, 0.15) is 34.6 Å². The fourth-order valence-electron chi connectivity index (χ4n) is 2.57. The van der Waals surface area contributed by atoms with E-state index in [1.54, 1.807) is 0 Å². The summed E-state index contributed by atoms with van der Waals surface area (Å²) in [5, 5.41) is 3.35. The van der Waals surface area contributed by atoms with Crippen LogP contribution in [0.5, 0.6) is 0 Å². The zero-order valence-electron chi connectivity index (χ0n) is 15.5. The molecule has 1 N–H and O–H groups in total. The van der Waals surface area contributed by atoms with E-state index >= 15 is 0 Å². The van der Waals surface area contributed by atoms with Gasteiger partial charge in [-0.15, -0.1) is 0 Å². The molecule has 0 unspecified atom stereocenters. The molecule has 2 aliphatic heterocycles. The van der Waals surface area contributed by atoms with Crippen molar-refractivity contribution in [3.63, 3.8) is 0 Å². The number of rotatable bonds is 3. The molecule has 2 saturated heterocycles.